The highest BCUT2D eigenvalue weighted by Crippen LogP contribution is 2.42. The van der Waals surface area contributed by atoms with Crippen molar-refractivity contribution in [2.75, 3.05) is 20.1 Å². The minimum Gasteiger partial charge on any atom is -0.481 e. The fourth-order valence-corrected chi connectivity index (χ4v) is 4.36. The second-order valence-electron chi connectivity index (χ2n) is 7.94. The Bertz CT molecular complexity index is 764. The number of nitrogens with zero attached hydrogens (tertiary/aromatic N) is 2. The molecule has 7 heteroatoms. The van der Waals surface area contributed by atoms with Crippen molar-refractivity contribution in [3.8, 4) is 0 Å². The summed E-state index contributed by atoms with van der Waals surface area (Å²) in [7, 11) is 1.64. The number of hydrogen-bond acceptors (Lipinski definition) is 3. The van der Waals surface area contributed by atoms with E-state index in [2.05, 4.69) is 0 Å². The number of hydrogen-bond donors (Lipinski definition) is 1. The molecule has 1 N–H and O–H groups in total. The van der Waals surface area contributed by atoms with Crippen LogP contribution in [0, 0.1) is 23.1 Å². The molecule has 2 aliphatic heterocycles. The van der Waals surface area contributed by atoms with Gasteiger partial charge in [-0.2, -0.15) is 0 Å². The molecule has 3 unspecified atom stereocenters. The van der Waals surface area contributed by atoms with Gasteiger partial charge in [0, 0.05) is 26.6 Å². The van der Waals surface area contributed by atoms with Crippen molar-refractivity contribution in [1.29, 1.82) is 0 Å². The van der Waals surface area contributed by atoms with Gasteiger partial charge >= 0.3 is 5.97 Å². The van der Waals surface area contributed by atoms with Gasteiger partial charge in [0.25, 0.3) is 0 Å². The van der Waals surface area contributed by atoms with E-state index in [9.17, 15) is 23.9 Å². The highest BCUT2D eigenvalue weighted by molar-refractivity contribution is 5.91. The molecule has 1 aromatic carbocycles. The summed E-state index contributed by atoms with van der Waals surface area (Å²) in [4.78, 5) is 40.4. The van der Waals surface area contributed by atoms with E-state index in [0.29, 0.717) is 18.5 Å². The fraction of sp³-hybridized carbons (Fsp3) is 0.550. The van der Waals surface area contributed by atoms with Gasteiger partial charge in [0.15, 0.2) is 0 Å². The zero-order valence-electron chi connectivity index (χ0n) is 15.8. The average molecular weight is 376 g/mol. The Morgan fingerprint density at radius 2 is 1.89 bits per heavy atom. The van der Waals surface area contributed by atoms with E-state index in [-0.39, 0.29) is 36.5 Å². The zero-order chi connectivity index (χ0) is 19.9. The van der Waals surface area contributed by atoms with Crippen LogP contribution in [0.2, 0.25) is 0 Å². The molecule has 27 heavy (non-hydrogen) atoms. The summed E-state index contributed by atoms with van der Waals surface area (Å²) in [6, 6.07) is 5.35. The smallest absolute Gasteiger partial charge is 0.311 e. The minimum atomic E-state index is -0.949. The molecule has 2 heterocycles. The van der Waals surface area contributed by atoms with Crippen molar-refractivity contribution in [3.05, 3.63) is 35.6 Å². The van der Waals surface area contributed by atoms with Gasteiger partial charge in [-0.1, -0.05) is 26.0 Å². The van der Waals surface area contributed by atoms with Crippen molar-refractivity contribution in [3.63, 3.8) is 0 Å². The summed E-state index contributed by atoms with van der Waals surface area (Å²) < 4.78 is 13.3. The third-order valence-corrected chi connectivity index (χ3v) is 6.26. The molecule has 3 atom stereocenters. The van der Waals surface area contributed by atoms with Crippen LogP contribution in [0.1, 0.15) is 38.3 Å². The normalized spacial score (nSPS) is 28.3. The van der Waals surface area contributed by atoms with Crippen LogP contribution >= 0.6 is 0 Å². The number of carboxylic acids is 1. The van der Waals surface area contributed by atoms with Gasteiger partial charge < -0.3 is 14.9 Å². The maximum atomic E-state index is 13.3. The van der Waals surface area contributed by atoms with Crippen molar-refractivity contribution in [2.45, 2.75) is 32.7 Å². The van der Waals surface area contributed by atoms with E-state index >= 15 is 0 Å². The lowest BCUT2D eigenvalue weighted by Crippen LogP contribution is -2.42. The van der Waals surface area contributed by atoms with E-state index in [1.54, 1.807) is 24.1 Å². The Morgan fingerprint density at radius 1 is 1.26 bits per heavy atom. The van der Waals surface area contributed by atoms with Crippen LogP contribution in [-0.4, -0.2) is 52.8 Å². The van der Waals surface area contributed by atoms with E-state index in [0.717, 1.165) is 0 Å². The van der Waals surface area contributed by atoms with Crippen LogP contribution in [0.25, 0.3) is 0 Å². The number of rotatable bonds is 4. The third-order valence-electron chi connectivity index (χ3n) is 6.26. The molecule has 3 rings (SSSR count). The van der Waals surface area contributed by atoms with Crippen molar-refractivity contribution in [2.24, 2.45) is 17.3 Å². The topological polar surface area (TPSA) is 77.9 Å². The Balaban J connectivity index is 1.86. The maximum absolute atomic E-state index is 13.3. The van der Waals surface area contributed by atoms with Gasteiger partial charge in [0.05, 0.1) is 17.4 Å². The first kappa shape index (κ1) is 19.3. The number of halogens is 1. The molecule has 0 aromatic heterocycles. The predicted octanol–water partition coefficient (Wildman–Crippen LogP) is 2.30. The summed E-state index contributed by atoms with van der Waals surface area (Å²) >= 11 is 0. The lowest BCUT2D eigenvalue weighted by atomic mass is 9.76. The molecule has 6 nitrogen and oxygen atoms in total. The zero-order valence-corrected chi connectivity index (χ0v) is 15.8. The standard InChI is InChI=1S/C20H25FN2O4/c1-12(2)20(19(26)27)8-9-23(11-20)18(25)15-10-16(24)22(3)17(15)13-4-6-14(21)7-5-13/h4-7,12,15,17H,8-11H2,1-3H3,(H,26,27). The van der Waals surface area contributed by atoms with E-state index in [4.69, 9.17) is 0 Å². The maximum Gasteiger partial charge on any atom is 0.311 e. The van der Waals surface area contributed by atoms with Crippen LogP contribution in [0.5, 0.6) is 0 Å². The molecule has 2 saturated heterocycles. The average Bonchev–Trinajstić information content (AvgIpc) is 3.19. The van der Waals surface area contributed by atoms with Crippen LogP contribution in [0.3, 0.4) is 0 Å². The van der Waals surface area contributed by atoms with E-state index in [1.165, 1.54) is 17.0 Å². The molecule has 1 aromatic rings. The second-order valence-corrected chi connectivity index (χ2v) is 7.94. The largest absolute Gasteiger partial charge is 0.481 e. The lowest BCUT2D eigenvalue weighted by molar-refractivity contribution is -0.151. The van der Waals surface area contributed by atoms with Gasteiger partial charge in [-0.15, -0.1) is 0 Å². The van der Waals surface area contributed by atoms with Crippen LogP contribution in [0.15, 0.2) is 24.3 Å². The first-order chi connectivity index (χ1) is 12.7. The predicted molar refractivity (Wildman–Crippen MR) is 96.1 cm³/mol. The molecular formula is C20H25FN2O4. The van der Waals surface area contributed by atoms with E-state index in [1.807, 2.05) is 13.8 Å². The Morgan fingerprint density at radius 3 is 2.41 bits per heavy atom. The van der Waals surface area contributed by atoms with Gasteiger partial charge in [-0.3, -0.25) is 14.4 Å². The monoisotopic (exact) mass is 376 g/mol. The van der Waals surface area contributed by atoms with E-state index < -0.39 is 23.3 Å². The molecule has 0 bridgehead atoms. The molecule has 2 amide bonds. The Labute approximate surface area is 157 Å². The molecule has 2 aliphatic rings. The number of carbonyl (C=O) groups excluding carboxylic acids is 2. The molecule has 0 spiro atoms. The number of amides is 2. The highest BCUT2D eigenvalue weighted by Gasteiger charge is 2.51. The first-order valence-electron chi connectivity index (χ1n) is 9.20. The van der Waals surface area contributed by atoms with Gasteiger partial charge in [-0.05, 0) is 30.0 Å². The number of likely N-dealkylation sites (tertiary alicyclic amines) is 2. The number of benzene rings is 1. The van der Waals surface area contributed by atoms with Gasteiger partial charge in [0.2, 0.25) is 11.8 Å². The highest BCUT2D eigenvalue weighted by atomic mass is 19.1. The summed E-state index contributed by atoms with van der Waals surface area (Å²) in [5, 5.41) is 9.70. The number of aliphatic carboxylic acids is 1. The quantitative estimate of drug-likeness (QED) is 0.875. The van der Waals surface area contributed by atoms with Crippen molar-refractivity contribution < 1.29 is 23.9 Å². The van der Waals surface area contributed by atoms with Crippen LogP contribution < -0.4 is 0 Å². The first-order valence-corrected chi connectivity index (χ1v) is 9.20. The van der Waals surface area contributed by atoms with Gasteiger partial charge in [0.1, 0.15) is 5.82 Å². The summed E-state index contributed by atoms with van der Waals surface area (Å²) in [6.07, 6.45) is 0.485. The molecule has 2 fully saturated rings. The molecular weight excluding hydrogens is 351 g/mol. The van der Waals surface area contributed by atoms with Crippen molar-refractivity contribution >= 4 is 17.8 Å². The second kappa shape index (κ2) is 6.94. The summed E-state index contributed by atoms with van der Waals surface area (Å²) in [6.45, 7) is 4.24. The molecule has 0 saturated carbocycles. The molecule has 0 aliphatic carbocycles. The number of carboxylic acid groups (broad SMARTS) is 1. The lowest BCUT2D eigenvalue weighted by Gasteiger charge is -2.31. The Kier molecular flexibility index (Phi) is 4.97. The van der Waals surface area contributed by atoms with Crippen LogP contribution in [0.4, 0.5) is 4.39 Å². The minimum absolute atomic E-state index is 0.0790. The Hall–Kier alpha value is -2.44. The van der Waals surface area contributed by atoms with Gasteiger partial charge in [-0.25, -0.2) is 4.39 Å². The third kappa shape index (κ3) is 3.19. The molecule has 0 radical (unpaired) electrons. The SMILES string of the molecule is CC(C)C1(C(=O)O)CCN(C(=O)C2CC(=O)N(C)C2c2ccc(F)cc2)C1. The number of carbonyl (C=O) groups is 3. The summed E-state index contributed by atoms with van der Waals surface area (Å²) in [5.74, 6) is -2.31. The molecule has 146 valence electrons. The van der Waals surface area contributed by atoms with Crippen molar-refractivity contribution in [1.82, 2.24) is 9.80 Å². The summed E-state index contributed by atoms with van der Waals surface area (Å²) in [5.41, 5.74) is -0.245. The fourth-order valence-electron chi connectivity index (χ4n) is 4.36. The van der Waals surface area contributed by atoms with Crippen LogP contribution in [-0.2, 0) is 14.4 Å².